The third-order valence-electron chi connectivity index (χ3n) is 5.69. The summed E-state index contributed by atoms with van der Waals surface area (Å²) in [6.45, 7) is 1.62. The molecule has 0 bridgehead atoms. The van der Waals surface area contributed by atoms with Crippen LogP contribution in [0.1, 0.15) is 30.0 Å². The van der Waals surface area contributed by atoms with Crippen molar-refractivity contribution in [2.24, 2.45) is 0 Å². The first-order chi connectivity index (χ1) is 15.0. The number of nitrogens with one attached hydrogen (secondary N) is 1. The van der Waals surface area contributed by atoms with Gasteiger partial charge >= 0.3 is 6.18 Å². The van der Waals surface area contributed by atoms with E-state index in [0.29, 0.717) is 17.5 Å². The Kier molecular flexibility index (Phi) is 5.68. The van der Waals surface area contributed by atoms with E-state index in [1.807, 2.05) is 0 Å². The lowest BCUT2D eigenvalue weighted by atomic mass is 9.86. The lowest BCUT2D eigenvalue weighted by Gasteiger charge is -2.44. The lowest BCUT2D eigenvalue weighted by molar-refractivity contribution is -0.269. The summed E-state index contributed by atoms with van der Waals surface area (Å²) < 4.78 is 57.2. The van der Waals surface area contributed by atoms with Crippen molar-refractivity contribution >= 4 is 34.8 Å². The second-order valence-electron chi connectivity index (χ2n) is 7.77. The summed E-state index contributed by atoms with van der Waals surface area (Å²) >= 11 is 11.8. The first-order valence-corrected chi connectivity index (χ1v) is 10.5. The third-order valence-corrected chi connectivity index (χ3v) is 6.43. The number of carbonyl (C=O) groups excluding carboxylic acids is 1. The normalized spacial score (nSPS) is 22.2. The summed E-state index contributed by atoms with van der Waals surface area (Å²) in [5, 5.41) is 0.0840. The fourth-order valence-electron chi connectivity index (χ4n) is 3.80. The van der Waals surface area contributed by atoms with Gasteiger partial charge in [0.25, 0.3) is 0 Å². The number of alkyl halides is 4. The van der Waals surface area contributed by atoms with Gasteiger partial charge in [-0.25, -0.2) is 4.39 Å². The molecule has 10 heteroatoms. The Hall–Kier alpha value is -2.29. The number of nitrogens with zero attached hydrogens (tertiary/aromatic N) is 1. The number of hydrogen-bond acceptors (Lipinski definition) is 3. The summed E-state index contributed by atoms with van der Waals surface area (Å²) in [5.74, 6) is -0.127. The molecule has 4 nitrogen and oxygen atoms in total. The Bertz CT molecular complexity index is 1080. The Morgan fingerprint density at radius 2 is 1.72 bits per heavy atom. The van der Waals surface area contributed by atoms with Crippen LogP contribution in [-0.2, 0) is 20.9 Å². The lowest BCUT2D eigenvalue weighted by Crippen LogP contribution is -2.58. The van der Waals surface area contributed by atoms with Gasteiger partial charge in [0, 0.05) is 12.0 Å². The molecule has 1 N–H and O–H groups in total. The van der Waals surface area contributed by atoms with Gasteiger partial charge in [-0.05, 0) is 29.3 Å². The van der Waals surface area contributed by atoms with E-state index in [2.05, 4.69) is 5.48 Å². The molecule has 1 fully saturated rings. The molecule has 0 aliphatic carbocycles. The molecule has 170 valence electrons. The molecule has 2 aliphatic rings. The standard InChI is InChI=1S/C22H18Cl2F4N2O2/c1-2-19(31)30-11-20(25,12-30)14-5-3-13(4-6-14)18-10-21(32-29-18,22(26,27)28)15-7-8-16(23)17(24)9-15/h3-10,29H,2,11-12H2,1H3. The van der Waals surface area contributed by atoms with E-state index in [1.165, 1.54) is 41.3 Å². The van der Waals surface area contributed by atoms with Crippen molar-refractivity contribution in [3.05, 3.63) is 75.3 Å². The maximum atomic E-state index is 15.0. The minimum Gasteiger partial charge on any atom is -0.335 e. The highest BCUT2D eigenvalue weighted by Gasteiger charge is 2.59. The molecular formula is C22H18Cl2F4N2O2. The summed E-state index contributed by atoms with van der Waals surface area (Å²) in [4.78, 5) is 18.1. The predicted molar refractivity (Wildman–Crippen MR) is 112 cm³/mol. The maximum Gasteiger partial charge on any atom is 0.428 e. The van der Waals surface area contributed by atoms with Gasteiger partial charge in [-0.3, -0.25) is 15.1 Å². The minimum absolute atomic E-state index is 0.0352. The molecule has 32 heavy (non-hydrogen) atoms. The van der Waals surface area contributed by atoms with Crippen molar-refractivity contribution in [3.63, 3.8) is 0 Å². The molecule has 2 aromatic rings. The van der Waals surface area contributed by atoms with Crippen LogP contribution in [0.2, 0.25) is 10.0 Å². The van der Waals surface area contributed by atoms with E-state index in [0.717, 1.165) is 12.1 Å². The number of amides is 1. The van der Waals surface area contributed by atoms with Gasteiger partial charge in [-0.2, -0.15) is 13.2 Å². The van der Waals surface area contributed by atoms with Crippen LogP contribution in [0.25, 0.3) is 5.70 Å². The predicted octanol–water partition coefficient (Wildman–Crippen LogP) is 5.74. The summed E-state index contributed by atoms with van der Waals surface area (Å²) in [6, 6.07) is 9.57. The molecule has 2 aliphatic heterocycles. The number of halogens is 6. The molecule has 1 amide bonds. The number of hydrogen-bond donors (Lipinski definition) is 1. The number of carbonyl (C=O) groups is 1. The van der Waals surface area contributed by atoms with Gasteiger partial charge in [0.2, 0.25) is 11.5 Å². The molecule has 0 radical (unpaired) electrons. The largest absolute Gasteiger partial charge is 0.428 e. The van der Waals surface area contributed by atoms with E-state index in [1.54, 1.807) is 6.92 Å². The van der Waals surface area contributed by atoms with Crippen LogP contribution >= 0.6 is 23.2 Å². The van der Waals surface area contributed by atoms with Crippen LogP contribution in [0.5, 0.6) is 0 Å². The van der Waals surface area contributed by atoms with E-state index >= 15 is 4.39 Å². The van der Waals surface area contributed by atoms with Crippen LogP contribution in [-0.4, -0.2) is 30.1 Å². The van der Waals surface area contributed by atoms with E-state index < -0.39 is 17.4 Å². The van der Waals surface area contributed by atoms with Gasteiger partial charge in [0.15, 0.2) is 5.67 Å². The van der Waals surface area contributed by atoms with Crippen LogP contribution in [0.3, 0.4) is 0 Å². The molecule has 2 heterocycles. The number of hydroxylamine groups is 1. The van der Waals surface area contributed by atoms with E-state index in [4.69, 9.17) is 28.0 Å². The van der Waals surface area contributed by atoms with Crippen LogP contribution in [0, 0.1) is 0 Å². The van der Waals surface area contributed by atoms with Crippen molar-refractivity contribution in [3.8, 4) is 0 Å². The van der Waals surface area contributed by atoms with Gasteiger partial charge in [-0.15, -0.1) is 0 Å². The fourth-order valence-corrected chi connectivity index (χ4v) is 4.10. The van der Waals surface area contributed by atoms with Gasteiger partial charge < -0.3 is 4.90 Å². The maximum absolute atomic E-state index is 15.0. The molecule has 4 rings (SSSR count). The Morgan fingerprint density at radius 3 is 2.28 bits per heavy atom. The smallest absolute Gasteiger partial charge is 0.335 e. The van der Waals surface area contributed by atoms with Gasteiger partial charge in [0.05, 0.1) is 28.8 Å². The minimum atomic E-state index is -4.80. The van der Waals surface area contributed by atoms with E-state index in [9.17, 15) is 18.0 Å². The Balaban J connectivity index is 1.62. The second-order valence-corrected chi connectivity index (χ2v) is 8.58. The summed E-state index contributed by atoms with van der Waals surface area (Å²) in [7, 11) is 0. The summed E-state index contributed by atoms with van der Waals surface area (Å²) in [5.41, 5.74) is -1.54. The number of rotatable bonds is 4. The second kappa shape index (κ2) is 7.93. The molecule has 0 saturated carbocycles. The highest BCUT2D eigenvalue weighted by molar-refractivity contribution is 6.42. The fraction of sp³-hybridized carbons (Fsp3) is 0.318. The molecule has 1 unspecified atom stereocenters. The third kappa shape index (κ3) is 3.74. The van der Waals surface area contributed by atoms with E-state index in [-0.39, 0.29) is 40.3 Å². The van der Waals surface area contributed by atoms with Gasteiger partial charge in [-0.1, -0.05) is 60.5 Å². The first-order valence-electron chi connectivity index (χ1n) is 9.76. The zero-order chi connectivity index (χ0) is 23.3. The zero-order valence-corrected chi connectivity index (χ0v) is 18.3. The van der Waals surface area contributed by atoms with Crippen molar-refractivity contribution in [2.45, 2.75) is 30.8 Å². The highest BCUT2D eigenvalue weighted by atomic mass is 35.5. The highest BCUT2D eigenvalue weighted by Crippen LogP contribution is 2.48. The number of benzene rings is 2. The molecular weight excluding hydrogens is 471 g/mol. The SMILES string of the molecule is CCC(=O)N1CC(F)(c2ccc(C3=CC(c4ccc(Cl)c(Cl)c4)(C(F)(F)F)ON3)cc2)C1. The molecule has 0 spiro atoms. The van der Waals surface area contributed by atoms with Crippen molar-refractivity contribution in [2.75, 3.05) is 13.1 Å². The van der Waals surface area contributed by atoms with Crippen LogP contribution in [0.4, 0.5) is 17.6 Å². The van der Waals surface area contributed by atoms with Gasteiger partial charge in [0.1, 0.15) is 0 Å². The number of likely N-dealkylation sites (tertiary alicyclic amines) is 1. The van der Waals surface area contributed by atoms with Crippen molar-refractivity contribution in [1.82, 2.24) is 10.4 Å². The van der Waals surface area contributed by atoms with Crippen molar-refractivity contribution in [1.29, 1.82) is 0 Å². The molecule has 0 aromatic heterocycles. The topological polar surface area (TPSA) is 41.6 Å². The molecule has 1 saturated heterocycles. The average Bonchev–Trinajstić information content (AvgIpc) is 3.20. The Morgan fingerprint density at radius 1 is 1.09 bits per heavy atom. The molecule has 2 aromatic carbocycles. The van der Waals surface area contributed by atoms with Crippen LogP contribution in [0.15, 0.2) is 48.5 Å². The Labute approximate surface area is 191 Å². The first kappa shape index (κ1) is 22.9. The van der Waals surface area contributed by atoms with Crippen molar-refractivity contribution < 1.29 is 27.2 Å². The average molecular weight is 489 g/mol. The monoisotopic (exact) mass is 488 g/mol. The quantitative estimate of drug-likeness (QED) is 0.557. The van der Waals surface area contributed by atoms with Crippen LogP contribution < -0.4 is 5.48 Å². The zero-order valence-electron chi connectivity index (χ0n) is 16.8. The molecule has 1 atom stereocenters. The summed E-state index contributed by atoms with van der Waals surface area (Å²) in [6.07, 6.45) is -3.59.